The third kappa shape index (κ3) is 2.96. The highest BCUT2D eigenvalue weighted by atomic mass is 16.1. The van der Waals surface area contributed by atoms with Crippen LogP contribution in [0.2, 0.25) is 0 Å². The summed E-state index contributed by atoms with van der Waals surface area (Å²) in [7, 11) is 0. The van der Waals surface area contributed by atoms with Gasteiger partial charge in [-0.05, 0) is 30.7 Å². The molecule has 0 fully saturated rings. The van der Waals surface area contributed by atoms with Crippen molar-refractivity contribution in [3.63, 3.8) is 0 Å². The van der Waals surface area contributed by atoms with Gasteiger partial charge >= 0.3 is 0 Å². The summed E-state index contributed by atoms with van der Waals surface area (Å²) >= 11 is 0. The lowest BCUT2D eigenvalue weighted by atomic mass is 10.1. The van der Waals surface area contributed by atoms with Crippen molar-refractivity contribution in [1.82, 2.24) is 0 Å². The molecule has 1 nitrogen and oxygen atoms in total. The predicted octanol–water partition coefficient (Wildman–Crippen LogP) is 2.27. The van der Waals surface area contributed by atoms with Crippen LogP contribution < -0.4 is 0 Å². The molecule has 1 rings (SSSR count). The second kappa shape index (κ2) is 4.27. The molecule has 0 aliphatic carbocycles. The molecule has 0 spiro atoms. The summed E-state index contributed by atoms with van der Waals surface area (Å²) in [4.78, 5) is 10.6. The Labute approximate surface area is 78.1 Å². The number of carbonyl (C=O) groups is 1. The Morgan fingerprint density at radius 1 is 1.38 bits per heavy atom. The molecule has 0 heterocycles. The van der Waals surface area contributed by atoms with Crippen molar-refractivity contribution >= 4 is 11.9 Å². The zero-order chi connectivity index (χ0) is 9.68. The number of allylic oxidation sites excluding steroid dienone is 1. The molecule has 0 saturated carbocycles. The first-order valence-corrected chi connectivity index (χ1v) is 3.97. The maximum Gasteiger partial charge on any atom is 0.152 e. The zero-order valence-corrected chi connectivity index (χ0v) is 7.45. The van der Waals surface area contributed by atoms with Gasteiger partial charge in [-0.2, -0.15) is 0 Å². The number of ketones is 1. The van der Waals surface area contributed by atoms with E-state index in [1.165, 1.54) is 13.0 Å². The average molecular weight is 170 g/mol. The SMILES string of the molecule is C#Cc1ccc(/C=C/C(C)=O)cc1. The van der Waals surface area contributed by atoms with E-state index in [-0.39, 0.29) is 5.78 Å². The Kier molecular flexibility index (Phi) is 3.05. The smallest absolute Gasteiger partial charge is 0.152 e. The normalized spacial score (nSPS) is 9.85. The monoisotopic (exact) mass is 170 g/mol. The Hall–Kier alpha value is -1.81. The molecule has 0 aliphatic rings. The van der Waals surface area contributed by atoms with E-state index < -0.39 is 0 Å². The number of carbonyl (C=O) groups excluding carboxylic acids is 1. The molecule has 0 bridgehead atoms. The molecule has 0 aromatic heterocycles. The fourth-order valence-corrected chi connectivity index (χ4v) is 0.904. The van der Waals surface area contributed by atoms with Crippen molar-refractivity contribution in [2.45, 2.75) is 6.92 Å². The Bertz CT molecular complexity index is 363. The van der Waals surface area contributed by atoms with Gasteiger partial charge in [0, 0.05) is 5.56 Å². The van der Waals surface area contributed by atoms with Crippen LogP contribution in [0.4, 0.5) is 0 Å². The van der Waals surface area contributed by atoms with Crippen molar-refractivity contribution in [3.05, 3.63) is 41.5 Å². The van der Waals surface area contributed by atoms with Crippen LogP contribution in [0.15, 0.2) is 30.3 Å². The highest BCUT2D eigenvalue weighted by Crippen LogP contribution is 2.04. The van der Waals surface area contributed by atoms with Crippen LogP contribution in [0.5, 0.6) is 0 Å². The summed E-state index contributed by atoms with van der Waals surface area (Å²) < 4.78 is 0. The van der Waals surface area contributed by atoms with Crippen LogP contribution in [0, 0.1) is 12.3 Å². The van der Waals surface area contributed by atoms with Crippen molar-refractivity contribution in [1.29, 1.82) is 0 Å². The van der Waals surface area contributed by atoms with Gasteiger partial charge in [-0.3, -0.25) is 4.79 Å². The summed E-state index contributed by atoms with van der Waals surface area (Å²) in [6.07, 6.45) is 8.50. The van der Waals surface area contributed by atoms with Crippen LogP contribution in [-0.2, 0) is 4.79 Å². The largest absolute Gasteiger partial charge is 0.295 e. The number of hydrogen-bond acceptors (Lipinski definition) is 1. The minimum Gasteiger partial charge on any atom is -0.295 e. The highest BCUT2D eigenvalue weighted by molar-refractivity contribution is 5.91. The average Bonchev–Trinajstić information content (AvgIpc) is 2.15. The standard InChI is InChI=1S/C12H10O/c1-3-11-6-8-12(9-7-11)5-4-10(2)13/h1,4-9H,2H3/b5-4+. The number of terminal acetylenes is 1. The third-order valence-corrected chi connectivity index (χ3v) is 1.59. The van der Waals surface area contributed by atoms with Gasteiger partial charge in [0.2, 0.25) is 0 Å². The first-order valence-electron chi connectivity index (χ1n) is 3.97. The Morgan fingerprint density at radius 3 is 2.46 bits per heavy atom. The van der Waals surface area contributed by atoms with Crippen molar-refractivity contribution in [2.75, 3.05) is 0 Å². The molecular weight excluding hydrogens is 160 g/mol. The van der Waals surface area contributed by atoms with Gasteiger partial charge in [-0.25, -0.2) is 0 Å². The van der Waals surface area contributed by atoms with Crippen LogP contribution in [-0.4, -0.2) is 5.78 Å². The quantitative estimate of drug-likeness (QED) is 0.491. The van der Waals surface area contributed by atoms with E-state index in [0.29, 0.717) is 0 Å². The van der Waals surface area contributed by atoms with Gasteiger partial charge < -0.3 is 0 Å². The maximum absolute atomic E-state index is 10.6. The Balaban J connectivity index is 2.82. The summed E-state index contributed by atoms with van der Waals surface area (Å²) in [5.74, 6) is 2.57. The lowest BCUT2D eigenvalue weighted by molar-refractivity contribution is -0.112. The van der Waals surface area contributed by atoms with Crippen molar-refractivity contribution in [3.8, 4) is 12.3 Å². The molecule has 0 saturated heterocycles. The zero-order valence-electron chi connectivity index (χ0n) is 7.45. The molecule has 0 aliphatic heterocycles. The maximum atomic E-state index is 10.6. The molecule has 0 amide bonds. The molecule has 64 valence electrons. The molecule has 1 aromatic rings. The Morgan fingerprint density at radius 2 is 2.00 bits per heavy atom. The predicted molar refractivity (Wildman–Crippen MR) is 54.1 cm³/mol. The second-order valence-corrected chi connectivity index (χ2v) is 2.71. The number of hydrogen-bond donors (Lipinski definition) is 0. The first-order chi connectivity index (χ1) is 6.22. The molecule has 1 heteroatoms. The third-order valence-electron chi connectivity index (χ3n) is 1.59. The van der Waals surface area contributed by atoms with E-state index in [9.17, 15) is 4.79 Å². The first kappa shape index (κ1) is 9.28. The van der Waals surface area contributed by atoms with Crippen LogP contribution >= 0.6 is 0 Å². The molecular formula is C12H10O. The summed E-state index contributed by atoms with van der Waals surface area (Å²) in [5, 5.41) is 0. The fraction of sp³-hybridized carbons (Fsp3) is 0.0833. The summed E-state index contributed by atoms with van der Waals surface area (Å²) in [5.41, 5.74) is 1.83. The number of rotatable bonds is 2. The van der Waals surface area contributed by atoms with Gasteiger partial charge in [0.25, 0.3) is 0 Å². The molecule has 0 unspecified atom stereocenters. The molecule has 0 N–H and O–H groups in total. The van der Waals surface area contributed by atoms with Gasteiger partial charge in [0.05, 0.1) is 0 Å². The molecule has 0 atom stereocenters. The fourth-order valence-electron chi connectivity index (χ4n) is 0.904. The van der Waals surface area contributed by atoms with E-state index in [1.54, 1.807) is 6.08 Å². The molecule has 13 heavy (non-hydrogen) atoms. The van der Waals surface area contributed by atoms with E-state index in [0.717, 1.165) is 11.1 Å². The van der Waals surface area contributed by atoms with Crippen LogP contribution in [0.25, 0.3) is 6.08 Å². The van der Waals surface area contributed by atoms with Gasteiger partial charge in [0.1, 0.15) is 0 Å². The van der Waals surface area contributed by atoms with E-state index in [4.69, 9.17) is 6.42 Å². The summed E-state index contributed by atoms with van der Waals surface area (Å²) in [6, 6.07) is 7.46. The van der Waals surface area contributed by atoms with Gasteiger partial charge in [0.15, 0.2) is 5.78 Å². The number of benzene rings is 1. The topological polar surface area (TPSA) is 17.1 Å². The summed E-state index contributed by atoms with van der Waals surface area (Å²) in [6.45, 7) is 1.52. The van der Waals surface area contributed by atoms with Crippen LogP contribution in [0.1, 0.15) is 18.1 Å². The lowest BCUT2D eigenvalue weighted by Gasteiger charge is -1.92. The minimum absolute atomic E-state index is 0.0426. The highest BCUT2D eigenvalue weighted by Gasteiger charge is 1.88. The van der Waals surface area contributed by atoms with Gasteiger partial charge in [-0.1, -0.05) is 24.1 Å². The van der Waals surface area contributed by atoms with E-state index in [2.05, 4.69) is 5.92 Å². The van der Waals surface area contributed by atoms with Gasteiger partial charge in [-0.15, -0.1) is 6.42 Å². The molecule has 0 radical (unpaired) electrons. The van der Waals surface area contributed by atoms with E-state index >= 15 is 0 Å². The van der Waals surface area contributed by atoms with Crippen molar-refractivity contribution in [2.24, 2.45) is 0 Å². The second-order valence-electron chi connectivity index (χ2n) is 2.71. The van der Waals surface area contributed by atoms with E-state index in [1.807, 2.05) is 24.3 Å². The van der Waals surface area contributed by atoms with Crippen molar-refractivity contribution < 1.29 is 4.79 Å². The molecule has 1 aromatic carbocycles. The van der Waals surface area contributed by atoms with Crippen LogP contribution in [0.3, 0.4) is 0 Å². The lowest BCUT2D eigenvalue weighted by Crippen LogP contribution is -1.80. The minimum atomic E-state index is 0.0426.